The maximum atomic E-state index is 11.2. The number of piperidine rings is 1. The number of ether oxygens (including phenoxy) is 1. The first kappa shape index (κ1) is 20.3. The molecule has 0 radical (unpaired) electrons. The Labute approximate surface area is 176 Å². The molecule has 2 aromatic heterocycles. The lowest BCUT2D eigenvalue weighted by atomic mass is 9.92. The van der Waals surface area contributed by atoms with Gasteiger partial charge < -0.3 is 9.15 Å². The Hall–Kier alpha value is -2.99. The molecular weight excluding hydrogens is 378 g/mol. The fourth-order valence-corrected chi connectivity index (χ4v) is 3.91. The van der Waals surface area contributed by atoms with Crippen molar-refractivity contribution in [2.45, 2.75) is 32.2 Å². The minimum atomic E-state index is -0.400. The van der Waals surface area contributed by atoms with E-state index in [4.69, 9.17) is 4.42 Å². The Balaban J connectivity index is 1.28. The number of hydrogen-bond acceptors (Lipinski definition) is 6. The molecule has 0 aliphatic carbocycles. The lowest BCUT2D eigenvalue weighted by Crippen LogP contribution is -2.33. The first-order valence-corrected chi connectivity index (χ1v) is 10.5. The number of methoxy groups -OCH3 is 1. The molecule has 0 amide bonds. The summed E-state index contributed by atoms with van der Waals surface area (Å²) in [6.07, 6.45) is 9.04. The van der Waals surface area contributed by atoms with E-state index in [2.05, 4.69) is 49.9 Å². The van der Waals surface area contributed by atoms with Crippen molar-refractivity contribution < 1.29 is 13.9 Å². The smallest absolute Gasteiger partial charge is 0.330 e. The number of aromatic nitrogens is 2. The van der Waals surface area contributed by atoms with Crippen LogP contribution in [0.3, 0.4) is 0 Å². The molecule has 4 rings (SSSR count). The van der Waals surface area contributed by atoms with Gasteiger partial charge in [0.15, 0.2) is 17.1 Å². The van der Waals surface area contributed by atoms with Crippen LogP contribution in [-0.2, 0) is 22.5 Å². The van der Waals surface area contributed by atoms with Gasteiger partial charge in [-0.1, -0.05) is 30.3 Å². The summed E-state index contributed by atoms with van der Waals surface area (Å²) >= 11 is 0. The second-order valence-corrected chi connectivity index (χ2v) is 7.80. The lowest BCUT2D eigenvalue weighted by Gasteiger charge is -2.31. The Bertz CT molecular complexity index is 1000. The van der Waals surface area contributed by atoms with Crippen LogP contribution in [0.1, 0.15) is 36.3 Å². The van der Waals surface area contributed by atoms with Crippen LogP contribution in [0, 0.1) is 5.92 Å². The van der Waals surface area contributed by atoms with Gasteiger partial charge in [-0.15, -0.1) is 0 Å². The van der Waals surface area contributed by atoms with Gasteiger partial charge in [0.2, 0.25) is 0 Å². The molecule has 1 fully saturated rings. The predicted molar refractivity (Wildman–Crippen MR) is 116 cm³/mol. The Morgan fingerprint density at radius 3 is 2.83 bits per heavy atom. The lowest BCUT2D eigenvalue weighted by molar-refractivity contribution is -0.134. The topological polar surface area (TPSA) is 68.5 Å². The molecule has 0 atom stereocenters. The zero-order valence-electron chi connectivity index (χ0n) is 17.3. The number of pyridine rings is 1. The van der Waals surface area contributed by atoms with E-state index in [1.807, 2.05) is 6.07 Å². The standard InChI is InChI=1S/C24H27N3O3/c1-29-23(28)10-8-20-15-21-24(25-16-20)26-22(30-21)9-7-18-11-13-27(14-12-18)17-19-5-3-2-4-6-19/h2-6,8,10,15-16,18H,7,9,11-14,17H2,1H3/b10-8+. The largest absolute Gasteiger partial charge is 0.466 e. The van der Waals surface area contributed by atoms with E-state index >= 15 is 0 Å². The van der Waals surface area contributed by atoms with Gasteiger partial charge in [0.05, 0.1) is 7.11 Å². The predicted octanol–water partition coefficient (Wildman–Crippen LogP) is 4.25. The molecule has 1 aliphatic heterocycles. The van der Waals surface area contributed by atoms with Gasteiger partial charge in [-0.05, 0) is 61.5 Å². The van der Waals surface area contributed by atoms with Gasteiger partial charge >= 0.3 is 5.97 Å². The van der Waals surface area contributed by atoms with Crippen LogP contribution in [0.4, 0.5) is 0 Å². The molecule has 3 aromatic rings. The molecular formula is C24H27N3O3. The summed E-state index contributed by atoms with van der Waals surface area (Å²) in [5.74, 6) is 1.04. The van der Waals surface area contributed by atoms with Gasteiger partial charge in [-0.3, -0.25) is 4.90 Å². The van der Waals surface area contributed by atoms with Crippen LogP contribution in [0.25, 0.3) is 17.3 Å². The van der Waals surface area contributed by atoms with Crippen molar-refractivity contribution in [3.05, 3.63) is 65.7 Å². The molecule has 0 spiro atoms. The van der Waals surface area contributed by atoms with Crippen LogP contribution in [0.2, 0.25) is 0 Å². The second kappa shape index (κ2) is 9.67. The van der Waals surface area contributed by atoms with Gasteiger partial charge in [0.1, 0.15) is 0 Å². The van der Waals surface area contributed by atoms with E-state index in [1.54, 1.807) is 12.3 Å². The molecule has 6 nitrogen and oxygen atoms in total. The van der Waals surface area contributed by atoms with Crippen molar-refractivity contribution in [3.8, 4) is 0 Å². The van der Waals surface area contributed by atoms with Crippen molar-refractivity contribution in [2.24, 2.45) is 5.92 Å². The van der Waals surface area contributed by atoms with Crippen LogP contribution in [0.15, 0.2) is 53.1 Å². The first-order chi connectivity index (χ1) is 14.7. The molecule has 30 heavy (non-hydrogen) atoms. The summed E-state index contributed by atoms with van der Waals surface area (Å²) in [4.78, 5) is 22.6. The number of likely N-dealkylation sites (tertiary alicyclic amines) is 1. The summed E-state index contributed by atoms with van der Waals surface area (Å²) in [7, 11) is 1.35. The second-order valence-electron chi connectivity index (χ2n) is 7.80. The molecule has 1 saturated heterocycles. The Morgan fingerprint density at radius 1 is 1.27 bits per heavy atom. The Morgan fingerprint density at radius 2 is 2.07 bits per heavy atom. The molecule has 1 aromatic carbocycles. The molecule has 0 bridgehead atoms. The molecule has 0 saturated carbocycles. The van der Waals surface area contributed by atoms with Gasteiger partial charge in [0.25, 0.3) is 0 Å². The normalized spacial score (nSPS) is 15.8. The first-order valence-electron chi connectivity index (χ1n) is 10.5. The van der Waals surface area contributed by atoms with E-state index in [0.717, 1.165) is 43.9 Å². The molecule has 156 valence electrons. The number of esters is 1. The summed E-state index contributed by atoms with van der Waals surface area (Å²) < 4.78 is 10.5. The van der Waals surface area contributed by atoms with Crippen LogP contribution in [0.5, 0.6) is 0 Å². The third-order valence-corrected chi connectivity index (χ3v) is 5.65. The van der Waals surface area contributed by atoms with Gasteiger partial charge in [-0.2, -0.15) is 4.98 Å². The van der Waals surface area contributed by atoms with Crippen molar-refractivity contribution in [1.82, 2.24) is 14.9 Å². The summed E-state index contributed by atoms with van der Waals surface area (Å²) in [5.41, 5.74) is 3.42. The average molecular weight is 405 g/mol. The van der Waals surface area contributed by atoms with E-state index in [0.29, 0.717) is 17.1 Å². The Kier molecular flexibility index (Phi) is 6.54. The van der Waals surface area contributed by atoms with Crippen molar-refractivity contribution >= 4 is 23.3 Å². The zero-order chi connectivity index (χ0) is 20.8. The highest BCUT2D eigenvalue weighted by Gasteiger charge is 2.20. The fourth-order valence-electron chi connectivity index (χ4n) is 3.91. The minimum Gasteiger partial charge on any atom is -0.466 e. The summed E-state index contributed by atoms with van der Waals surface area (Å²) in [6, 6.07) is 12.5. The molecule has 0 unspecified atom stereocenters. The number of carbonyl (C=O) groups excluding carboxylic acids is 1. The van der Waals surface area contributed by atoms with E-state index in [-0.39, 0.29) is 0 Å². The molecule has 3 heterocycles. The third-order valence-electron chi connectivity index (χ3n) is 5.65. The average Bonchev–Trinajstić information content (AvgIpc) is 3.20. The van der Waals surface area contributed by atoms with E-state index in [9.17, 15) is 4.79 Å². The number of carbonyl (C=O) groups is 1. The van der Waals surface area contributed by atoms with Crippen molar-refractivity contribution in [1.29, 1.82) is 0 Å². The highest BCUT2D eigenvalue weighted by molar-refractivity contribution is 5.87. The number of benzene rings is 1. The summed E-state index contributed by atoms with van der Waals surface area (Å²) in [6.45, 7) is 3.33. The van der Waals surface area contributed by atoms with Crippen LogP contribution in [-0.4, -0.2) is 41.0 Å². The number of rotatable bonds is 7. The minimum absolute atomic E-state index is 0.400. The van der Waals surface area contributed by atoms with Gasteiger partial charge in [-0.25, -0.2) is 9.78 Å². The van der Waals surface area contributed by atoms with Crippen molar-refractivity contribution in [3.63, 3.8) is 0 Å². The van der Waals surface area contributed by atoms with Crippen molar-refractivity contribution in [2.75, 3.05) is 20.2 Å². The highest BCUT2D eigenvalue weighted by atomic mass is 16.5. The maximum absolute atomic E-state index is 11.2. The quantitative estimate of drug-likeness (QED) is 0.432. The zero-order valence-corrected chi connectivity index (χ0v) is 17.3. The number of hydrogen-bond donors (Lipinski definition) is 0. The highest BCUT2D eigenvalue weighted by Crippen LogP contribution is 2.24. The fraction of sp³-hybridized carbons (Fsp3) is 0.375. The summed E-state index contributed by atoms with van der Waals surface area (Å²) in [5, 5.41) is 0. The van der Waals surface area contributed by atoms with Crippen LogP contribution < -0.4 is 0 Å². The number of aryl methyl sites for hydroxylation is 1. The van der Waals surface area contributed by atoms with E-state index in [1.165, 1.54) is 31.6 Å². The maximum Gasteiger partial charge on any atom is 0.330 e. The van der Waals surface area contributed by atoms with Crippen LogP contribution >= 0.6 is 0 Å². The van der Waals surface area contributed by atoms with Gasteiger partial charge in [0, 0.05) is 25.2 Å². The number of nitrogens with zero attached hydrogens (tertiary/aromatic N) is 3. The third kappa shape index (κ3) is 5.33. The monoisotopic (exact) mass is 405 g/mol. The number of oxazole rings is 1. The molecule has 1 aliphatic rings. The SMILES string of the molecule is COC(=O)/C=C/c1cnc2nc(CCC3CCN(Cc4ccccc4)CC3)oc2c1. The molecule has 6 heteroatoms. The van der Waals surface area contributed by atoms with E-state index < -0.39 is 5.97 Å². The number of fused-ring (bicyclic) bond motifs is 1. The molecule has 0 N–H and O–H groups in total.